The fourth-order valence-electron chi connectivity index (χ4n) is 2.58. The highest BCUT2D eigenvalue weighted by Gasteiger charge is 2.32. The van der Waals surface area contributed by atoms with Crippen molar-refractivity contribution >= 4 is 0 Å². The van der Waals surface area contributed by atoms with Crippen LogP contribution in [0.2, 0.25) is 0 Å². The van der Waals surface area contributed by atoms with Gasteiger partial charge in [-0.15, -0.1) is 0 Å². The van der Waals surface area contributed by atoms with E-state index in [9.17, 15) is 0 Å². The van der Waals surface area contributed by atoms with Gasteiger partial charge in [0, 0.05) is 5.92 Å². The molecule has 0 spiro atoms. The molecule has 0 saturated heterocycles. The second kappa shape index (κ2) is 4.08. The Morgan fingerprint density at radius 2 is 2.06 bits per heavy atom. The molecular formula is C16H22. The van der Waals surface area contributed by atoms with E-state index in [0.29, 0.717) is 11.8 Å². The minimum atomic E-state index is 0.276. The van der Waals surface area contributed by atoms with Crippen molar-refractivity contribution in [3.8, 4) is 0 Å². The number of hydrogen-bond donors (Lipinski definition) is 0. The number of rotatable bonds is 0. The van der Waals surface area contributed by atoms with Crippen molar-refractivity contribution in [3.05, 3.63) is 47.6 Å². The SMILES string of the molecule is CC1=CC2C(=CC=CC(C)(C)C2C)C=CC1. The van der Waals surface area contributed by atoms with E-state index in [4.69, 9.17) is 0 Å². The molecule has 0 radical (unpaired) electrons. The normalized spacial score (nSPS) is 32.2. The van der Waals surface area contributed by atoms with E-state index >= 15 is 0 Å². The third-order valence-corrected chi connectivity index (χ3v) is 4.13. The summed E-state index contributed by atoms with van der Waals surface area (Å²) in [6.45, 7) is 9.29. The zero-order valence-electron chi connectivity index (χ0n) is 10.8. The lowest BCUT2D eigenvalue weighted by Crippen LogP contribution is -2.25. The Balaban J connectivity index is 2.44. The highest BCUT2D eigenvalue weighted by atomic mass is 14.4. The van der Waals surface area contributed by atoms with Crippen molar-refractivity contribution in [2.45, 2.75) is 34.1 Å². The van der Waals surface area contributed by atoms with Crippen LogP contribution in [-0.4, -0.2) is 0 Å². The summed E-state index contributed by atoms with van der Waals surface area (Å²) < 4.78 is 0. The van der Waals surface area contributed by atoms with Crippen LogP contribution >= 0.6 is 0 Å². The van der Waals surface area contributed by atoms with Gasteiger partial charge in [0.2, 0.25) is 0 Å². The maximum absolute atomic E-state index is 2.46. The van der Waals surface area contributed by atoms with Crippen molar-refractivity contribution in [1.29, 1.82) is 0 Å². The van der Waals surface area contributed by atoms with Gasteiger partial charge in [0.25, 0.3) is 0 Å². The third kappa shape index (κ3) is 2.07. The highest BCUT2D eigenvalue weighted by Crippen LogP contribution is 2.41. The number of fused-ring (bicyclic) bond motifs is 1. The van der Waals surface area contributed by atoms with Gasteiger partial charge < -0.3 is 0 Å². The maximum atomic E-state index is 2.46. The maximum Gasteiger partial charge on any atom is 0.00542 e. The second-order valence-electron chi connectivity index (χ2n) is 5.78. The van der Waals surface area contributed by atoms with E-state index in [2.05, 4.69) is 64.2 Å². The molecule has 0 saturated carbocycles. The third-order valence-electron chi connectivity index (χ3n) is 4.13. The summed E-state index contributed by atoms with van der Waals surface area (Å²) in [6, 6.07) is 0. The van der Waals surface area contributed by atoms with Gasteiger partial charge in [-0.2, -0.15) is 0 Å². The topological polar surface area (TPSA) is 0 Å². The van der Waals surface area contributed by atoms with Crippen LogP contribution < -0.4 is 0 Å². The van der Waals surface area contributed by atoms with Gasteiger partial charge in [-0.25, -0.2) is 0 Å². The van der Waals surface area contributed by atoms with Gasteiger partial charge in [-0.3, -0.25) is 0 Å². The van der Waals surface area contributed by atoms with E-state index in [1.807, 2.05) is 0 Å². The first-order valence-electron chi connectivity index (χ1n) is 6.24. The second-order valence-corrected chi connectivity index (χ2v) is 5.78. The van der Waals surface area contributed by atoms with Crippen LogP contribution in [0.25, 0.3) is 0 Å². The predicted octanol–water partition coefficient (Wildman–Crippen LogP) is 4.67. The molecule has 0 fully saturated rings. The first-order valence-corrected chi connectivity index (χ1v) is 6.24. The summed E-state index contributed by atoms with van der Waals surface area (Å²) in [6.07, 6.45) is 15.0. The Kier molecular flexibility index (Phi) is 2.92. The Hall–Kier alpha value is -1.04. The first kappa shape index (κ1) is 11.4. The van der Waals surface area contributed by atoms with Crippen molar-refractivity contribution in [2.75, 3.05) is 0 Å². The number of allylic oxidation sites excluding steroid dienone is 8. The summed E-state index contributed by atoms with van der Waals surface area (Å²) >= 11 is 0. The van der Waals surface area contributed by atoms with Crippen molar-refractivity contribution in [3.63, 3.8) is 0 Å². The Bertz CT molecular complexity index is 388. The summed E-state index contributed by atoms with van der Waals surface area (Å²) in [7, 11) is 0. The van der Waals surface area contributed by atoms with Crippen LogP contribution in [-0.2, 0) is 0 Å². The molecule has 16 heavy (non-hydrogen) atoms. The Labute approximate surface area is 99.4 Å². The van der Waals surface area contributed by atoms with Crippen molar-refractivity contribution < 1.29 is 0 Å². The lowest BCUT2D eigenvalue weighted by atomic mass is 9.71. The molecule has 0 aromatic heterocycles. The van der Waals surface area contributed by atoms with Gasteiger partial charge in [-0.1, -0.05) is 62.8 Å². The van der Waals surface area contributed by atoms with Crippen molar-refractivity contribution in [2.24, 2.45) is 17.3 Å². The summed E-state index contributed by atoms with van der Waals surface area (Å²) in [5, 5.41) is 0. The van der Waals surface area contributed by atoms with E-state index in [1.165, 1.54) is 11.1 Å². The molecule has 0 nitrogen and oxygen atoms in total. The molecule has 2 aliphatic carbocycles. The molecule has 2 atom stereocenters. The highest BCUT2D eigenvalue weighted by molar-refractivity contribution is 5.36. The minimum Gasteiger partial charge on any atom is -0.0802 e. The van der Waals surface area contributed by atoms with Crippen LogP contribution in [0, 0.1) is 17.3 Å². The predicted molar refractivity (Wildman–Crippen MR) is 71.2 cm³/mol. The Morgan fingerprint density at radius 3 is 2.81 bits per heavy atom. The minimum absolute atomic E-state index is 0.276. The Morgan fingerprint density at radius 1 is 1.31 bits per heavy atom. The van der Waals surface area contributed by atoms with E-state index < -0.39 is 0 Å². The van der Waals surface area contributed by atoms with Gasteiger partial charge in [0.15, 0.2) is 0 Å². The smallest absolute Gasteiger partial charge is 0.00542 e. The average Bonchev–Trinajstić information content (AvgIpc) is 2.43. The quantitative estimate of drug-likeness (QED) is 0.514. The lowest BCUT2D eigenvalue weighted by molar-refractivity contribution is 0.266. The molecule has 0 aliphatic heterocycles. The zero-order chi connectivity index (χ0) is 11.8. The molecule has 0 heterocycles. The molecule has 86 valence electrons. The van der Waals surface area contributed by atoms with Crippen LogP contribution in [0.4, 0.5) is 0 Å². The standard InChI is InChI=1S/C16H22/c1-12-7-5-8-14-9-6-10-16(3,4)13(2)15(14)11-12/h5-6,8-11,13,15H,7H2,1-4H3. The van der Waals surface area contributed by atoms with Gasteiger partial charge in [0.1, 0.15) is 0 Å². The molecule has 0 amide bonds. The molecular weight excluding hydrogens is 192 g/mol. The summed E-state index contributed by atoms with van der Waals surface area (Å²) in [5.41, 5.74) is 3.23. The molecule has 0 aromatic rings. The molecule has 2 unspecified atom stereocenters. The molecule has 2 aliphatic rings. The van der Waals surface area contributed by atoms with E-state index in [1.54, 1.807) is 0 Å². The summed E-state index contributed by atoms with van der Waals surface area (Å²) in [5.74, 6) is 1.22. The molecule has 0 aromatic carbocycles. The fourth-order valence-corrected chi connectivity index (χ4v) is 2.58. The lowest BCUT2D eigenvalue weighted by Gasteiger charge is -2.33. The van der Waals surface area contributed by atoms with Gasteiger partial charge >= 0.3 is 0 Å². The van der Waals surface area contributed by atoms with E-state index in [-0.39, 0.29) is 5.41 Å². The number of hydrogen-bond acceptors (Lipinski definition) is 0. The fraction of sp³-hybridized carbons (Fsp3) is 0.500. The molecule has 2 rings (SSSR count). The van der Waals surface area contributed by atoms with Gasteiger partial charge in [-0.05, 0) is 30.3 Å². The molecule has 0 heteroatoms. The van der Waals surface area contributed by atoms with Gasteiger partial charge in [0.05, 0.1) is 0 Å². The van der Waals surface area contributed by atoms with Crippen LogP contribution in [0.15, 0.2) is 47.6 Å². The largest absolute Gasteiger partial charge is 0.0802 e. The first-order chi connectivity index (χ1) is 7.50. The molecule has 0 N–H and O–H groups in total. The zero-order valence-corrected chi connectivity index (χ0v) is 10.8. The monoisotopic (exact) mass is 214 g/mol. The summed E-state index contributed by atoms with van der Waals surface area (Å²) in [4.78, 5) is 0. The van der Waals surface area contributed by atoms with Crippen molar-refractivity contribution in [1.82, 2.24) is 0 Å². The van der Waals surface area contributed by atoms with Crippen LogP contribution in [0.5, 0.6) is 0 Å². The van der Waals surface area contributed by atoms with E-state index in [0.717, 1.165) is 6.42 Å². The average molecular weight is 214 g/mol. The van der Waals surface area contributed by atoms with Crippen LogP contribution in [0.1, 0.15) is 34.1 Å². The molecule has 0 bridgehead atoms. The van der Waals surface area contributed by atoms with Crippen LogP contribution in [0.3, 0.4) is 0 Å².